The number of aromatic carboxylic acids is 1. The Labute approximate surface area is 195 Å². The van der Waals surface area contributed by atoms with Gasteiger partial charge in [0, 0.05) is 22.0 Å². The van der Waals surface area contributed by atoms with E-state index in [1.165, 1.54) is 30.3 Å². The van der Waals surface area contributed by atoms with Crippen molar-refractivity contribution in [1.29, 1.82) is 0 Å². The highest BCUT2D eigenvalue weighted by molar-refractivity contribution is 9.10. The van der Waals surface area contributed by atoms with Crippen molar-refractivity contribution in [2.45, 2.75) is 17.5 Å². The zero-order chi connectivity index (χ0) is 24.0. The highest BCUT2D eigenvalue weighted by atomic mass is 79.9. The number of hydrogen-bond donors (Lipinski definition) is 1. The fourth-order valence-electron chi connectivity index (χ4n) is 3.54. The first kappa shape index (κ1) is 23.1. The number of nitrogens with zero attached hydrogens (tertiary/aromatic N) is 1. The number of carboxylic acids is 1. The summed E-state index contributed by atoms with van der Waals surface area (Å²) in [5.74, 6) is -1.10. The van der Waals surface area contributed by atoms with Crippen LogP contribution in [0.1, 0.15) is 27.2 Å². The summed E-state index contributed by atoms with van der Waals surface area (Å²) in [6.07, 6.45) is -4.52. The molecule has 1 N–H and O–H groups in total. The van der Waals surface area contributed by atoms with E-state index in [0.717, 1.165) is 22.2 Å². The lowest BCUT2D eigenvalue weighted by atomic mass is 10.1. The van der Waals surface area contributed by atoms with Gasteiger partial charge in [0.25, 0.3) is 10.0 Å². The number of alkyl halides is 3. The second-order valence-electron chi connectivity index (χ2n) is 7.31. The molecular weight excluding hydrogens is 523 g/mol. The van der Waals surface area contributed by atoms with Gasteiger partial charge < -0.3 is 5.11 Å². The molecule has 33 heavy (non-hydrogen) atoms. The van der Waals surface area contributed by atoms with Gasteiger partial charge in [0.15, 0.2) is 0 Å². The first-order chi connectivity index (χ1) is 15.5. The average molecular weight is 538 g/mol. The van der Waals surface area contributed by atoms with Crippen molar-refractivity contribution in [3.63, 3.8) is 0 Å². The van der Waals surface area contributed by atoms with Gasteiger partial charge in [-0.25, -0.2) is 17.2 Å². The molecule has 170 valence electrons. The number of halogens is 4. The van der Waals surface area contributed by atoms with Gasteiger partial charge in [0.1, 0.15) is 0 Å². The van der Waals surface area contributed by atoms with E-state index >= 15 is 0 Å². The summed E-state index contributed by atoms with van der Waals surface area (Å²) in [4.78, 5) is 11.1. The summed E-state index contributed by atoms with van der Waals surface area (Å²) in [5, 5.41) is 9.20. The largest absolute Gasteiger partial charge is 0.478 e. The van der Waals surface area contributed by atoms with Crippen molar-refractivity contribution < 1.29 is 31.5 Å². The fraction of sp³-hybridized carbons (Fsp3) is 0.0870. The molecule has 0 saturated heterocycles. The van der Waals surface area contributed by atoms with Crippen LogP contribution in [0, 0.1) is 0 Å². The lowest BCUT2D eigenvalue weighted by Gasteiger charge is -2.13. The van der Waals surface area contributed by atoms with Crippen LogP contribution in [0.4, 0.5) is 13.2 Å². The van der Waals surface area contributed by atoms with Gasteiger partial charge >= 0.3 is 12.1 Å². The predicted octanol–water partition coefficient (Wildman–Crippen LogP) is 5.95. The topological polar surface area (TPSA) is 76.4 Å². The minimum atomic E-state index is -4.58. The molecule has 0 bridgehead atoms. The molecule has 10 heteroatoms. The highest BCUT2D eigenvalue weighted by Gasteiger charge is 2.32. The first-order valence-corrected chi connectivity index (χ1v) is 11.7. The van der Waals surface area contributed by atoms with Crippen molar-refractivity contribution >= 4 is 42.8 Å². The van der Waals surface area contributed by atoms with Crippen LogP contribution in [0.3, 0.4) is 0 Å². The van der Waals surface area contributed by atoms with Crippen molar-refractivity contribution in [2.24, 2.45) is 0 Å². The van der Waals surface area contributed by atoms with Gasteiger partial charge in [0.05, 0.1) is 21.5 Å². The third-order valence-corrected chi connectivity index (χ3v) is 7.33. The van der Waals surface area contributed by atoms with Gasteiger partial charge in [-0.2, -0.15) is 13.2 Å². The number of aromatic nitrogens is 1. The third-order valence-electron chi connectivity index (χ3n) is 5.08. The molecule has 0 aliphatic rings. The number of fused-ring (bicyclic) bond motifs is 1. The molecule has 0 fully saturated rings. The molecular formula is C23H15BrF3NO4S. The molecule has 4 rings (SSSR count). The van der Waals surface area contributed by atoms with Crippen LogP contribution in [0.15, 0.2) is 82.2 Å². The van der Waals surface area contributed by atoms with Gasteiger partial charge in [-0.3, -0.25) is 0 Å². The molecule has 4 aromatic rings. The van der Waals surface area contributed by atoms with Crippen LogP contribution in [0.2, 0.25) is 0 Å². The number of benzene rings is 3. The molecule has 1 aromatic heterocycles. The molecule has 3 aromatic carbocycles. The van der Waals surface area contributed by atoms with E-state index < -0.39 is 27.7 Å². The smallest absolute Gasteiger partial charge is 0.416 e. The Morgan fingerprint density at radius 3 is 2.27 bits per heavy atom. The van der Waals surface area contributed by atoms with Gasteiger partial charge in [-0.1, -0.05) is 34.1 Å². The van der Waals surface area contributed by atoms with Crippen LogP contribution < -0.4 is 0 Å². The summed E-state index contributed by atoms with van der Waals surface area (Å²) < 4.78 is 68.4. The van der Waals surface area contributed by atoms with Crippen LogP contribution in [-0.4, -0.2) is 23.5 Å². The summed E-state index contributed by atoms with van der Waals surface area (Å²) in [6, 6.07) is 16.2. The Kier molecular flexibility index (Phi) is 5.83. The van der Waals surface area contributed by atoms with E-state index in [1.807, 2.05) is 0 Å². The van der Waals surface area contributed by atoms with Crippen molar-refractivity contribution in [3.05, 3.63) is 99.7 Å². The first-order valence-electron chi connectivity index (χ1n) is 9.52. The second kappa shape index (κ2) is 8.35. The fourth-order valence-corrected chi connectivity index (χ4v) is 5.68. The zero-order valence-corrected chi connectivity index (χ0v) is 19.1. The summed E-state index contributed by atoms with van der Waals surface area (Å²) in [7, 11) is -4.15. The molecule has 0 amide bonds. The van der Waals surface area contributed by atoms with Crippen molar-refractivity contribution in [1.82, 2.24) is 3.97 Å². The Morgan fingerprint density at radius 1 is 0.970 bits per heavy atom. The third kappa shape index (κ3) is 4.53. The van der Waals surface area contributed by atoms with E-state index in [1.54, 1.807) is 24.3 Å². The predicted molar refractivity (Wildman–Crippen MR) is 120 cm³/mol. The summed E-state index contributed by atoms with van der Waals surface area (Å²) in [6.45, 7) is 0. The number of rotatable bonds is 5. The van der Waals surface area contributed by atoms with E-state index in [0.29, 0.717) is 10.0 Å². The van der Waals surface area contributed by atoms with Crippen molar-refractivity contribution in [2.75, 3.05) is 0 Å². The molecule has 0 unspecified atom stereocenters. The molecule has 0 spiro atoms. The molecule has 0 aliphatic carbocycles. The number of carboxylic acid groups (broad SMARTS) is 1. The molecule has 0 radical (unpaired) electrons. The molecule has 0 aliphatic heterocycles. The second-order valence-corrected chi connectivity index (χ2v) is 10.0. The summed E-state index contributed by atoms with van der Waals surface area (Å²) in [5.41, 5.74) is 0.136. The minimum Gasteiger partial charge on any atom is -0.478 e. The van der Waals surface area contributed by atoms with E-state index in [9.17, 15) is 26.4 Å². The SMILES string of the molecule is O=C(O)c1ccc(Cc2cc3cc(C(F)(F)F)ccc3n2S(=O)(=O)c2cccc(Br)c2)cc1. The Bertz CT molecular complexity index is 1480. The van der Waals surface area contributed by atoms with Crippen LogP contribution >= 0.6 is 15.9 Å². The number of carbonyl (C=O) groups is 1. The van der Waals surface area contributed by atoms with E-state index in [2.05, 4.69) is 15.9 Å². The highest BCUT2D eigenvalue weighted by Crippen LogP contribution is 2.34. The summed E-state index contributed by atoms with van der Waals surface area (Å²) >= 11 is 3.24. The zero-order valence-electron chi connectivity index (χ0n) is 16.7. The quantitative estimate of drug-likeness (QED) is 0.341. The lowest BCUT2D eigenvalue weighted by Crippen LogP contribution is -2.16. The number of hydrogen-bond acceptors (Lipinski definition) is 3. The van der Waals surface area contributed by atoms with Crippen LogP contribution in [0.5, 0.6) is 0 Å². The monoisotopic (exact) mass is 537 g/mol. The normalized spacial score (nSPS) is 12.2. The lowest BCUT2D eigenvalue weighted by molar-refractivity contribution is -0.137. The van der Waals surface area contributed by atoms with Crippen molar-refractivity contribution in [3.8, 4) is 0 Å². The van der Waals surface area contributed by atoms with Gasteiger partial charge in [-0.05, 0) is 60.2 Å². The maximum absolute atomic E-state index is 13.5. The van der Waals surface area contributed by atoms with Gasteiger partial charge in [0.2, 0.25) is 0 Å². The van der Waals surface area contributed by atoms with Crippen LogP contribution in [-0.2, 0) is 22.6 Å². The van der Waals surface area contributed by atoms with E-state index in [4.69, 9.17) is 5.11 Å². The Balaban J connectivity index is 1.91. The molecule has 0 atom stereocenters. The molecule has 5 nitrogen and oxygen atoms in total. The Morgan fingerprint density at radius 2 is 1.67 bits per heavy atom. The maximum atomic E-state index is 13.5. The molecule has 0 saturated carbocycles. The van der Waals surface area contributed by atoms with E-state index in [-0.39, 0.29) is 33.5 Å². The van der Waals surface area contributed by atoms with Gasteiger partial charge in [-0.15, -0.1) is 0 Å². The standard InChI is InChI=1S/C23H15BrF3NO4S/c24-18-2-1-3-20(13-18)33(31,32)28-19(10-14-4-6-15(7-5-14)22(29)30)12-16-11-17(23(25,26)27)8-9-21(16)28/h1-9,11-13H,10H2,(H,29,30). The Hall–Kier alpha value is -3.11. The minimum absolute atomic E-state index is 0.0308. The average Bonchev–Trinajstić information content (AvgIpc) is 3.11. The maximum Gasteiger partial charge on any atom is 0.416 e. The van der Waals surface area contributed by atoms with Crippen LogP contribution in [0.25, 0.3) is 10.9 Å². The molecule has 1 heterocycles.